The SMILES string of the molecule is O=C(c1cccc([N+](=O)[O-])c1)N1CCC(N2CCC(C(=O)N3CCCCC3)CC2)CC1. The zero-order chi connectivity index (χ0) is 21.8. The van der Waals surface area contributed by atoms with Gasteiger partial charge in [0.05, 0.1) is 4.92 Å². The number of rotatable bonds is 4. The van der Waals surface area contributed by atoms with Crippen LogP contribution in [-0.4, -0.2) is 76.7 Å². The molecule has 3 heterocycles. The summed E-state index contributed by atoms with van der Waals surface area (Å²) in [5.74, 6) is 0.398. The predicted octanol–water partition coefficient (Wildman–Crippen LogP) is 2.92. The van der Waals surface area contributed by atoms with Gasteiger partial charge >= 0.3 is 0 Å². The Balaban J connectivity index is 1.25. The molecule has 0 bridgehead atoms. The first-order valence-electron chi connectivity index (χ1n) is 11.6. The van der Waals surface area contributed by atoms with Gasteiger partial charge in [0.25, 0.3) is 11.6 Å². The molecular formula is C23H32N4O4. The lowest BCUT2D eigenvalue weighted by Gasteiger charge is -2.42. The minimum Gasteiger partial charge on any atom is -0.342 e. The molecule has 3 fully saturated rings. The molecule has 3 saturated heterocycles. The van der Waals surface area contributed by atoms with E-state index in [2.05, 4.69) is 9.80 Å². The quantitative estimate of drug-likeness (QED) is 0.544. The monoisotopic (exact) mass is 428 g/mol. The van der Waals surface area contributed by atoms with Crippen molar-refractivity contribution in [2.75, 3.05) is 39.3 Å². The van der Waals surface area contributed by atoms with Crippen LogP contribution in [0.15, 0.2) is 24.3 Å². The fourth-order valence-corrected chi connectivity index (χ4v) is 5.25. The van der Waals surface area contributed by atoms with Gasteiger partial charge in [0.1, 0.15) is 0 Å². The summed E-state index contributed by atoms with van der Waals surface area (Å²) < 4.78 is 0. The van der Waals surface area contributed by atoms with Crippen LogP contribution in [-0.2, 0) is 4.79 Å². The molecular weight excluding hydrogens is 396 g/mol. The first-order chi connectivity index (χ1) is 15.0. The molecule has 0 N–H and O–H groups in total. The summed E-state index contributed by atoms with van der Waals surface area (Å²) in [6.07, 6.45) is 7.20. The van der Waals surface area contributed by atoms with Gasteiger partial charge < -0.3 is 14.7 Å². The number of piperidine rings is 3. The van der Waals surface area contributed by atoms with Crippen molar-refractivity contribution < 1.29 is 14.5 Å². The van der Waals surface area contributed by atoms with E-state index in [9.17, 15) is 19.7 Å². The number of likely N-dealkylation sites (tertiary alicyclic amines) is 3. The third-order valence-corrected chi connectivity index (χ3v) is 7.12. The molecule has 1 aromatic rings. The summed E-state index contributed by atoms with van der Waals surface area (Å²) >= 11 is 0. The first kappa shape index (κ1) is 21.7. The van der Waals surface area contributed by atoms with Crippen LogP contribution in [0.3, 0.4) is 0 Å². The summed E-state index contributed by atoms with van der Waals surface area (Å²) in [5, 5.41) is 11.0. The number of nitrogens with zero attached hydrogens (tertiary/aromatic N) is 4. The lowest BCUT2D eigenvalue weighted by molar-refractivity contribution is -0.384. The normalized spacial score (nSPS) is 21.8. The van der Waals surface area contributed by atoms with E-state index in [-0.39, 0.29) is 17.5 Å². The predicted molar refractivity (Wildman–Crippen MR) is 117 cm³/mol. The van der Waals surface area contributed by atoms with E-state index in [1.165, 1.54) is 18.6 Å². The van der Waals surface area contributed by atoms with E-state index in [0.29, 0.717) is 30.6 Å². The molecule has 4 rings (SSSR count). The highest BCUT2D eigenvalue weighted by atomic mass is 16.6. The maximum absolute atomic E-state index is 12.8. The number of carbonyl (C=O) groups is 2. The average Bonchev–Trinajstić information content (AvgIpc) is 2.84. The van der Waals surface area contributed by atoms with Crippen LogP contribution in [0.25, 0.3) is 0 Å². The Hall–Kier alpha value is -2.48. The Morgan fingerprint density at radius 2 is 1.55 bits per heavy atom. The van der Waals surface area contributed by atoms with E-state index < -0.39 is 4.92 Å². The molecule has 0 atom stereocenters. The van der Waals surface area contributed by atoms with Crippen molar-refractivity contribution in [1.29, 1.82) is 0 Å². The Bertz CT molecular complexity index is 808. The molecule has 168 valence electrons. The van der Waals surface area contributed by atoms with Gasteiger partial charge in [-0.2, -0.15) is 0 Å². The van der Waals surface area contributed by atoms with E-state index >= 15 is 0 Å². The van der Waals surface area contributed by atoms with Crippen LogP contribution in [0.4, 0.5) is 5.69 Å². The molecule has 3 aliphatic rings. The lowest BCUT2D eigenvalue weighted by Crippen LogP contribution is -2.50. The Morgan fingerprint density at radius 1 is 0.871 bits per heavy atom. The zero-order valence-electron chi connectivity index (χ0n) is 18.1. The van der Waals surface area contributed by atoms with Gasteiger partial charge in [-0.05, 0) is 64.1 Å². The van der Waals surface area contributed by atoms with Gasteiger partial charge in [0, 0.05) is 55.8 Å². The maximum atomic E-state index is 12.8. The molecule has 0 aromatic heterocycles. The highest BCUT2D eigenvalue weighted by molar-refractivity contribution is 5.94. The minimum atomic E-state index is -0.470. The Kier molecular flexibility index (Phi) is 6.85. The summed E-state index contributed by atoms with van der Waals surface area (Å²) in [6.45, 7) is 5.09. The van der Waals surface area contributed by atoms with Gasteiger partial charge in [-0.15, -0.1) is 0 Å². The second kappa shape index (κ2) is 9.77. The maximum Gasteiger partial charge on any atom is 0.270 e. The summed E-state index contributed by atoms with van der Waals surface area (Å²) in [6, 6.07) is 6.42. The number of benzene rings is 1. The molecule has 0 spiro atoms. The molecule has 3 aliphatic heterocycles. The second-order valence-corrected chi connectivity index (χ2v) is 9.03. The third-order valence-electron chi connectivity index (χ3n) is 7.12. The van der Waals surface area contributed by atoms with Crippen molar-refractivity contribution in [2.24, 2.45) is 5.92 Å². The highest BCUT2D eigenvalue weighted by Crippen LogP contribution is 2.27. The van der Waals surface area contributed by atoms with Crippen LogP contribution in [0.2, 0.25) is 0 Å². The van der Waals surface area contributed by atoms with Crippen molar-refractivity contribution >= 4 is 17.5 Å². The number of nitro benzene ring substituents is 1. The van der Waals surface area contributed by atoms with E-state index in [1.807, 2.05) is 4.90 Å². The molecule has 8 heteroatoms. The fourth-order valence-electron chi connectivity index (χ4n) is 5.25. The fraction of sp³-hybridized carbons (Fsp3) is 0.652. The van der Waals surface area contributed by atoms with Gasteiger partial charge in [-0.1, -0.05) is 6.07 Å². The molecule has 0 radical (unpaired) electrons. The van der Waals surface area contributed by atoms with Crippen LogP contribution in [0.5, 0.6) is 0 Å². The van der Waals surface area contributed by atoms with Crippen molar-refractivity contribution in [3.05, 3.63) is 39.9 Å². The summed E-state index contributed by atoms with van der Waals surface area (Å²) in [5.41, 5.74) is 0.326. The average molecular weight is 429 g/mol. The highest BCUT2D eigenvalue weighted by Gasteiger charge is 2.33. The number of hydrogen-bond acceptors (Lipinski definition) is 5. The number of nitro groups is 1. The van der Waals surface area contributed by atoms with Crippen LogP contribution in [0.1, 0.15) is 55.3 Å². The van der Waals surface area contributed by atoms with Crippen molar-refractivity contribution in [2.45, 2.75) is 51.0 Å². The van der Waals surface area contributed by atoms with Crippen molar-refractivity contribution in [3.63, 3.8) is 0 Å². The third kappa shape index (κ3) is 5.06. The van der Waals surface area contributed by atoms with E-state index in [0.717, 1.165) is 64.7 Å². The number of non-ortho nitro benzene ring substituents is 1. The largest absolute Gasteiger partial charge is 0.342 e. The number of hydrogen-bond donors (Lipinski definition) is 0. The smallest absolute Gasteiger partial charge is 0.270 e. The zero-order valence-corrected chi connectivity index (χ0v) is 18.1. The lowest BCUT2D eigenvalue weighted by atomic mass is 9.91. The van der Waals surface area contributed by atoms with E-state index in [4.69, 9.17) is 0 Å². The summed E-state index contributed by atoms with van der Waals surface area (Å²) in [4.78, 5) is 42.4. The molecule has 2 amide bonds. The van der Waals surface area contributed by atoms with Crippen LogP contribution in [0, 0.1) is 16.0 Å². The summed E-state index contributed by atoms with van der Waals surface area (Å²) in [7, 11) is 0. The van der Waals surface area contributed by atoms with Crippen LogP contribution >= 0.6 is 0 Å². The van der Waals surface area contributed by atoms with Gasteiger partial charge in [-0.3, -0.25) is 19.7 Å². The molecule has 31 heavy (non-hydrogen) atoms. The van der Waals surface area contributed by atoms with E-state index in [1.54, 1.807) is 12.1 Å². The second-order valence-electron chi connectivity index (χ2n) is 9.03. The molecule has 0 aliphatic carbocycles. The molecule has 1 aromatic carbocycles. The van der Waals surface area contributed by atoms with Gasteiger partial charge in [0.15, 0.2) is 0 Å². The van der Waals surface area contributed by atoms with Crippen LogP contribution < -0.4 is 0 Å². The number of carbonyl (C=O) groups excluding carboxylic acids is 2. The molecule has 0 unspecified atom stereocenters. The Labute approximate surface area is 183 Å². The first-order valence-corrected chi connectivity index (χ1v) is 11.6. The Morgan fingerprint density at radius 3 is 2.19 bits per heavy atom. The van der Waals surface area contributed by atoms with Gasteiger partial charge in [0.2, 0.25) is 5.91 Å². The van der Waals surface area contributed by atoms with Crippen molar-refractivity contribution in [1.82, 2.24) is 14.7 Å². The molecule has 8 nitrogen and oxygen atoms in total. The topological polar surface area (TPSA) is 87.0 Å². The van der Waals surface area contributed by atoms with Gasteiger partial charge in [-0.25, -0.2) is 0 Å². The molecule has 0 saturated carbocycles. The number of amides is 2. The minimum absolute atomic E-state index is 0.0530. The standard InChI is InChI=1S/C23H32N4O4/c28-22(25-11-2-1-3-12-25)18-7-13-24(14-8-18)20-9-15-26(16-10-20)23(29)19-5-4-6-21(17-19)27(30)31/h4-6,17-18,20H,1-3,7-16H2. The van der Waals surface area contributed by atoms with Crippen molar-refractivity contribution in [3.8, 4) is 0 Å².